The summed E-state index contributed by atoms with van der Waals surface area (Å²) in [5.74, 6) is -1.21. The molecule has 0 aliphatic rings. The van der Waals surface area contributed by atoms with Gasteiger partial charge in [-0.2, -0.15) is 0 Å². The van der Waals surface area contributed by atoms with Crippen LogP contribution in [0.2, 0.25) is 10.0 Å². The van der Waals surface area contributed by atoms with E-state index in [2.05, 4.69) is 16.0 Å². The quantitative estimate of drug-likeness (QED) is 0.103. The van der Waals surface area contributed by atoms with Crippen molar-refractivity contribution in [1.29, 1.82) is 0 Å². The van der Waals surface area contributed by atoms with Crippen LogP contribution in [-0.2, 0) is 9.59 Å². The van der Waals surface area contributed by atoms with Gasteiger partial charge in [0.1, 0.15) is 10.9 Å². The van der Waals surface area contributed by atoms with Crippen molar-refractivity contribution in [2.24, 2.45) is 0 Å². The number of carbonyl (C=O) groups is 3. The van der Waals surface area contributed by atoms with Gasteiger partial charge in [-0.25, -0.2) is 0 Å². The molecule has 0 radical (unpaired) electrons. The van der Waals surface area contributed by atoms with Crippen molar-refractivity contribution < 1.29 is 14.4 Å². The summed E-state index contributed by atoms with van der Waals surface area (Å²) in [4.78, 5) is 41.0. The number of anilines is 2. The summed E-state index contributed by atoms with van der Waals surface area (Å²) in [5.41, 5.74) is 3.91. The lowest BCUT2D eigenvalue weighted by Gasteiger charge is -2.18. The minimum absolute atomic E-state index is 0.0317. The Morgan fingerprint density at radius 3 is 2.11 bits per heavy atom. The second-order valence-electron chi connectivity index (χ2n) is 10.3. The van der Waals surface area contributed by atoms with E-state index in [4.69, 9.17) is 23.2 Å². The first-order valence-electron chi connectivity index (χ1n) is 14.3. The lowest BCUT2D eigenvalue weighted by Crippen LogP contribution is -2.30. The van der Waals surface area contributed by atoms with Crippen molar-refractivity contribution in [3.63, 3.8) is 0 Å². The Balaban J connectivity index is 1.39. The Hall–Kier alpha value is -4.82. The highest BCUT2D eigenvalue weighted by Crippen LogP contribution is 2.37. The van der Waals surface area contributed by atoms with E-state index in [9.17, 15) is 14.4 Å². The lowest BCUT2D eigenvalue weighted by molar-refractivity contribution is -0.116. The summed E-state index contributed by atoms with van der Waals surface area (Å²) in [6.45, 7) is 1.99. The summed E-state index contributed by atoms with van der Waals surface area (Å²) in [5, 5.41) is 8.58. The van der Waals surface area contributed by atoms with Gasteiger partial charge in [0.25, 0.3) is 11.8 Å². The number of hydrogen-bond donors (Lipinski definition) is 3. The molecule has 0 saturated heterocycles. The molecule has 0 fully saturated rings. The Kier molecular flexibility index (Phi) is 10.9. The molecule has 6 nitrogen and oxygen atoms in total. The first-order valence-corrected chi connectivity index (χ1v) is 15.9. The van der Waals surface area contributed by atoms with Gasteiger partial charge in [0.15, 0.2) is 0 Å². The average Bonchev–Trinajstić information content (AvgIpc) is 3.07. The van der Waals surface area contributed by atoms with Crippen molar-refractivity contribution in [1.82, 2.24) is 5.32 Å². The van der Waals surface area contributed by atoms with Crippen LogP contribution in [-0.4, -0.2) is 17.7 Å². The minimum Gasteiger partial charge on any atom is -0.325 e. The Labute approximate surface area is 281 Å². The van der Waals surface area contributed by atoms with Gasteiger partial charge in [-0.3, -0.25) is 14.4 Å². The van der Waals surface area contributed by atoms with Crippen molar-refractivity contribution in [2.75, 3.05) is 10.6 Å². The number of carbonyl (C=O) groups excluding carboxylic acids is 3. The molecule has 0 aromatic heterocycles. The van der Waals surface area contributed by atoms with Gasteiger partial charge in [-0.15, -0.1) is 11.8 Å². The smallest absolute Gasteiger partial charge is 0.272 e. The number of thioether (sulfide) groups is 1. The zero-order valence-corrected chi connectivity index (χ0v) is 27.0. The summed E-state index contributed by atoms with van der Waals surface area (Å²) >= 11 is 14.0. The summed E-state index contributed by atoms with van der Waals surface area (Å²) in [7, 11) is 0. The van der Waals surface area contributed by atoms with E-state index in [1.165, 1.54) is 17.8 Å². The molecule has 3 N–H and O–H groups in total. The van der Waals surface area contributed by atoms with Crippen LogP contribution < -0.4 is 16.0 Å². The van der Waals surface area contributed by atoms with E-state index < -0.39 is 17.1 Å². The fraction of sp³-hybridized carbons (Fsp3) is 0.0541. The topological polar surface area (TPSA) is 87.3 Å². The predicted octanol–water partition coefficient (Wildman–Crippen LogP) is 9.18. The maximum atomic E-state index is 13.6. The summed E-state index contributed by atoms with van der Waals surface area (Å²) in [6, 6.07) is 37.9. The number of halogens is 2. The molecule has 0 aliphatic carbocycles. The van der Waals surface area contributed by atoms with Gasteiger partial charge in [-0.1, -0.05) is 108 Å². The highest BCUT2D eigenvalue weighted by molar-refractivity contribution is 8.00. The van der Waals surface area contributed by atoms with Gasteiger partial charge < -0.3 is 16.0 Å². The highest BCUT2D eigenvalue weighted by Gasteiger charge is 2.23. The maximum absolute atomic E-state index is 13.6. The molecule has 0 heterocycles. The molecule has 0 saturated carbocycles. The number of amides is 3. The number of rotatable bonds is 10. The van der Waals surface area contributed by atoms with E-state index in [0.29, 0.717) is 27.5 Å². The lowest BCUT2D eigenvalue weighted by atomic mass is 10.1. The molecule has 230 valence electrons. The monoisotopic (exact) mass is 665 g/mol. The summed E-state index contributed by atoms with van der Waals surface area (Å²) < 4.78 is 0. The Morgan fingerprint density at radius 1 is 0.717 bits per heavy atom. The van der Waals surface area contributed by atoms with Gasteiger partial charge >= 0.3 is 0 Å². The van der Waals surface area contributed by atoms with Crippen molar-refractivity contribution in [2.45, 2.75) is 17.1 Å². The standard InChI is InChI=1S/C37H29Cl2N3O3S/c1-24-18-20-28(21-19-24)40-37(45)34(25-10-4-2-5-11-25)46-30-16-9-15-29(23-30)41-36(44)32(22-27-14-8-17-31(38)33(27)39)42-35(43)26-12-6-3-7-13-26/h2-23,34H,1H3,(H,40,45)(H,41,44)(H,42,43)/b32-22+. The molecule has 0 bridgehead atoms. The molecule has 5 aromatic rings. The number of aryl methyl sites for hydroxylation is 1. The van der Waals surface area contributed by atoms with E-state index in [1.54, 1.807) is 66.7 Å². The van der Waals surface area contributed by atoms with Crippen molar-refractivity contribution >= 4 is 70.1 Å². The van der Waals surface area contributed by atoms with Gasteiger partial charge in [0.2, 0.25) is 5.91 Å². The fourth-order valence-corrected chi connectivity index (χ4v) is 5.90. The van der Waals surface area contributed by atoms with Crippen LogP contribution in [0, 0.1) is 6.92 Å². The molecule has 5 aromatic carbocycles. The largest absolute Gasteiger partial charge is 0.325 e. The first-order chi connectivity index (χ1) is 22.3. The van der Waals surface area contributed by atoms with Crippen LogP contribution >= 0.6 is 35.0 Å². The van der Waals surface area contributed by atoms with Crippen LogP contribution in [0.3, 0.4) is 0 Å². The Morgan fingerprint density at radius 2 is 1.39 bits per heavy atom. The van der Waals surface area contributed by atoms with Crippen LogP contribution in [0.5, 0.6) is 0 Å². The molecule has 0 spiro atoms. The van der Waals surface area contributed by atoms with Gasteiger partial charge in [0, 0.05) is 21.8 Å². The third-order valence-electron chi connectivity index (χ3n) is 6.82. The fourth-order valence-electron chi connectivity index (χ4n) is 4.46. The molecule has 0 aliphatic heterocycles. The third-order valence-corrected chi connectivity index (χ3v) is 8.90. The van der Waals surface area contributed by atoms with Crippen LogP contribution in [0.4, 0.5) is 11.4 Å². The Bertz CT molecular complexity index is 1880. The molecule has 46 heavy (non-hydrogen) atoms. The second kappa shape index (κ2) is 15.5. The second-order valence-corrected chi connectivity index (χ2v) is 12.2. The zero-order chi connectivity index (χ0) is 32.5. The van der Waals surface area contributed by atoms with E-state index >= 15 is 0 Å². The highest BCUT2D eigenvalue weighted by atomic mass is 35.5. The van der Waals surface area contributed by atoms with E-state index in [-0.39, 0.29) is 16.6 Å². The number of nitrogens with one attached hydrogen (secondary N) is 3. The average molecular weight is 667 g/mol. The SMILES string of the molecule is Cc1ccc(NC(=O)C(Sc2cccc(NC(=O)/C(=C\c3cccc(Cl)c3Cl)NC(=O)c3ccccc3)c2)c2ccccc2)cc1. The first kappa shape index (κ1) is 32.6. The predicted molar refractivity (Wildman–Crippen MR) is 188 cm³/mol. The molecule has 9 heteroatoms. The van der Waals surface area contributed by atoms with Gasteiger partial charge in [-0.05, 0) is 72.7 Å². The molecule has 5 rings (SSSR count). The molecular formula is C37H29Cl2N3O3S. The molecule has 1 atom stereocenters. The van der Waals surface area contributed by atoms with Crippen LogP contribution in [0.25, 0.3) is 6.08 Å². The number of hydrogen-bond acceptors (Lipinski definition) is 4. The molecule has 3 amide bonds. The zero-order valence-electron chi connectivity index (χ0n) is 24.7. The van der Waals surface area contributed by atoms with Gasteiger partial charge in [0.05, 0.1) is 10.0 Å². The molecular weight excluding hydrogens is 637 g/mol. The number of benzene rings is 5. The van der Waals surface area contributed by atoms with Crippen LogP contribution in [0.15, 0.2) is 138 Å². The van der Waals surface area contributed by atoms with E-state index in [1.807, 2.05) is 67.6 Å². The third kappa shape index (κ3) is 8.67. The maximum Gasteiger partial charge on any atom is 0.272 e. The van der Waals surface area contributed by atoms with Crippen LogP contribution in [0.1, 0.15) is 32.3 Å². The van der Waals surface area contributed by atoms with Crippen molar-refractivity contribution in [3.05, 3.63) is 165 Å². The van der Waals surface area contributed by atoms with E-state index in [0.717, 1.165) is 16.0 Å². The van der Waals surface area contributed by atoms with Crippen molar-refractivity contribution in [3.8, 4) is 0 Å². The summed E-state index contributed by atoms with van der Waals surface area (Å²) in [6.07, 6.45) is 1.48. The normalized spacial score (nSPS) is 11.8. The minimum atomic E-state index is -0.570. The molecule has 1 unspecified atom stereocenters.